The van der Waals surface area contributed by atoms with E-state index in [4.69, 9.17) is 0 Å². The fourth-order valence-electron chi connectivity index (χ4n) is 4.19. The van der Waals surface area contributed by atoms with Gasteiger partial charge < -0.3 is 0 Å². The Morgan fingerprint density at radius 1 is 0.500 bits per heavy atom. The molecular weight excluding hydrogens is 338 g/mol. The zero-order valence-electron chi connectivity index (χ0n) is 19.6. The number of quaternary nitrogens is 1. The summed E-state index contributed by atoms with van der Waals surface area (Å²) in [4.78, 5) is 0. The van der Waals surface area contributed by atoms with Crippen molar-refractivity contribution in [3.63, 3.8) is 0 Å². The zero-order chi connectivity index (χ0) is 20.3. The second-order valence-electron chi connectivity index (χ2n) is 9.40. The fourth-order valence-corrected chi connectivity index (χ4v) is 4.19. The summed E-state index contributed by atoms with van der Waals surface area (Å²) in [5, 5.41) is 0. The summed E-state index contributed by atoms with van der Waals surface area (Å²) in [5.74, 6) is 0. The van der Waals surface area contributed by atoms with E-state index >= 15 is 0 Å². The van der Waals surface area contributed by atoms with E-state index in [1.54, 1.807) is 0 Å². The van der Waals surface area contributed by atoms with Crippen molar-refractivity contribution in [2.75, 3.05) is 20.6 Å². The summed E-state index contributed by atoms with van der Waals surface area (Å²) in [6.45, 7) is 3.55. The van der Waals surface area contributed by atoms with E-state index in [9.17, 15) is 0 Å². The van der Waals surface area contributed by atoms with Crippen LogP contribution in [0.15, 0.2) is 30.3 Å². The SMILES string of the molecule is CCCCCCCCCCCCCCCCCCC[N+](C)(C)c1ccccc1. The topological polar surface area (TPSA) is 0 Å². The van der Waals surface area contributed by atoms with Crippen molar-refractivity contribution in [3.05, 3.63) is 30.3 Å². The van der Waals surface area contributed by atoms with E-state index in [-0.39, 0.29) is 0 Å². The predicted molar refractivity (Wildman–Crippen MR) is 129 cm³/mol. The van der Waals surface area contributed by atoms with E-state index in [2.05, 4.69) is 51.4 Å². The van der Waals surface area contributed by atoms with Gasteiger partial charge in [-0.3, -0.25) is 4.48 Å². The second-order valence-corrected chi connectivity index (χ2v) is 9.40. The van der Waals surface area contributed by atoms with Crippen molar-refractivity contribution < 1.29 is 0 Å². The van der Waals surface area contributed by atoms with Gasteiger partial charge in [0.15, 0.2) is 0 Å². The van der Waals surface area contributed by atoms with Crippen molar-refractivity contribution in [2.45, 2.75) is 116 Å². The molecule has 0 aromatic heterocycles. The van der Waals surface area contributed by atoms with Gasteiger partial charge in [-0.15, -0.1) is 0 Å². The van der Waals surface area contributed by atoms with Crippen LogP contribution in [0.25, 0.3) is 0 Å². The molecule has 0 aliphatic rings. The molecule has 0 unspecified atom stereocenters. The minimum atomic E-state index is 1.01. The maximum absolute atomic E-state index is 2.34. The third-order valence-electron chi connectivity index (χ3n) is 6.28. The Labute approximate surface area is 177 Å². The lowest BCUT2D eigenvalue weighted by Crippen LogP contribution is -2.41. The van der Waals surface area contributed by atoms with Crippen LogP contribution in [0.4, 0.5) is 5.69 Å². The van der Waals surface area contributed by atoms with Crippen LogP contribution in [-0.4, -0.2) is 20.6 Å². The van der Waals surface area contributed by atoms with E-state index in [1.807, 2.05) is 0 Å². The Morgan fingerprint density at radius 2 is 0.857 bits per heavy atom. The Bertz CT molecular complexity index is 437. The fraction of sp³-hybridized carbons (Fsp3) is 0.778. The first-order chi connectivity index (χ1) is 13.7. The summed E-state index contributed by atoms with van der Waals surface area (Å²) in [6.07, 6.45) is 24.6. The summed E-state index contributed by atoms with van der Waals surface area (Å²) >= 11 is 0. The van der Waals surface area contributed by atoms with Gasteiger partial charge in [0.05, 0.1) is 20.6 Å². The zero-order valence-corrected chi connectivity index (χ0v) is 19.6. The average Bonchev–Trinajstić information content (AvgIpc) is 2.71. The average molecular weight is 389 g/mol. The number of hydrogen-bond donors (Lipinski definition) is 0. The van der Waals surface area contributed by atoms with Gasteiger partial charge >= 0.3 is 0 Å². The highest BCUT2D eigenvalue weighted by molar-refractivity contribution is 5.40. The molecule has 0 aliphatic carbocycles. The molecule has 0 amide bonds. The van der Waals surface area contributed by atoms with E-state index in [0.717, 1.165) is 4.48 Å². The molecule has 1 aromatic rings. The number of rotatable bonds is 19. The first-order valence-corrected chi connectivity index (χ1v) is 12.6. The molecule has 0 heterocycles. The first-order valence-electron chi connectivity index (χ1n) is 12.6. The summed E-state index contributed by atoms with van der Waals surface area (Å²) in [7, 11) is 4.67. The predicted octanol–water partition coefficient (Wildman–Crippen LogP) is 8.91. The maximum atomic E-state index is 2.34. The summed E-state index contributed by atoms with van der Waals surface area (Å²) < 4.78 is 1.01. The normalized spacial score (nSPS) is 11.8. The molecule has 1 rings (SSSR count). The van der Waals surface area contributed by atoms with Crippen molar-refractivity contribution in [1.29, 1.82) is 0 Å². The second kappa shape index (κ2) is 17.1. The molecule has 0 saturated heterocycles. The molecule has 0 bridgehead atoms. The number of unbranched alkanes of at least 4 members (excludes halogenated alkanes) is 16. The Balaban J connectivity index is 1.81. The van der Waals surface area contributed by atoms with Gasteiger partial charge in [0, 0.05) is 0 Å². The molecule has 0 N–H and O–H groups in total. The third kappa shape index (κ3) is 13.4. The van der Waals surface area contributed by atoms with Crippen LogP contribution in [0.1, 0.15) is 116 Å². The minimum absolute atomic E-state index is 1.01. The summed E-state index contributed by atoms with van der Waals surface area (Å²) in [6, 6.07) is 10.9. The van der Waals surface area contributed by atoms with Gasteiger partial charge in [-0.2, -0.15) is 0 Å². The van der Waals surface area contributed by atoms with Crippen LogP contribution in [0.3, 0.4) is 0 Å². The highest BCUT2D eigenvalue weighted by atomic mass is 15.3. The molecule has 1 aromatic carbocycles. The van der Waals surface area contributed by atoms with E-state index < -0.39 is 0 Å². The van der Waals surface area contributed by atoms with Crippen LogP contribution < -0.4 is 4.48 Å². The van der Waals surface area contributed by atoms with Crippen LogP contribution in [-0.2, 0) is 0 Å². The van der Waals surface area contributed by atoms with E-state index in [1.165, 1.54) is 121 Å². The molecule has 162 valence electrons. The highest BCUT2D eigenvalue weighted by Gasteiger charge is 2.17. The van der Waals surface area contributed by atoms with Crippen LogP contribution in [0.5, 0.6) is 0 Å². The molecule has 0 atom stereocenters. The number of para-hydroxylation sites is 1. The lowest BCUT2D eigenvalue weighted by atomic mass is 10.0. The van der Waals surface area contributed by atoms with Crippen LogP contribution in [0.2, 0.25) is 0 Å². The summed E-state index contributed by atoms with van der Waals surface area (Å²) in [5.41, 5.74) is 1.43. The molecule has 0 spiro atoms. The number of benzene rings is 1. The van der Waals surface area contributed by atoms with Gasteiger partial charge in [0.2, 0.25) is 0 Å². The molecule has 1 nitrogen and oxygen atoms in total. The first kappa shape index (κ1) is 25.2. The smallest absolute Gasteiger partial charge is 0.132 e. The van der Waals surface area contributed by atoms with Gasteiger partial charge in [-0.25, -0.2) is 0 Å². The third-order valence-corrected chi connectivity index (χ3v) is 6.28. The maximum Gasteiger partial charge on any atom is 0.132 e. The van der Waals surface area contributed by atoms with E-state index in [0.29, 0.717) is 0 Å². The number of nitrogens with zero attached hydrogens (tertiary/aromatic N) is 1. The largest absolute Gasteiger partial charge is 0.296 e. The Kier molecular flexibility index (Phi) is 15.4. The highest BCUT2D eigenvalue weighted by Crippen LogP contribution is 2.19. The Hall–Kier alpha value is -0.820. The van der Waals surface area contributed by atoms with Crippen molar-refractivity contribution in [2.24, 2.45) is 0 Å². The lowest BCUT2D eigenvalue weighted by molar-refractivity contribution is 0.380. The Morgan fingerprint density at radius 3 is 1.25 bits per heavy atom. The minimum Gasteiger partial charge on any atom is -0.296 e. The molecule has 0 radical (unpaired) electrons. The van der Waals surface area contributed by atoms with Gasteiger partial charge in [-0.05, 0) is 25.0 Å². The molecule has 0 fully saturated rings. The monoisotopic (exact) mass is 388 g/mol. The number of hydrogen-bond acceptors (Lipinski definition) is 0. The van der Waals surface area contributed by atoms with Crippen molar-refractivity contribution >= 4 is 5.69 Å². The molecule has 28 heavy (non-hydrogen) atoms. The van der Waals surface area contributed by atoms with Crippen molar-refractivity contribution in [1.82, 2.24) is 4.48 Å². The van der Waals surface area contributed by atoms with Crippen molar-refractivity contribution in [3.8, 4) is 0 Å². The molecular formula is C27H50N+. The molecule has 0 aliphatic heterocycles. The molecule has 0 saturated carbocycles. The molecule has 1 heteroatoms. The van der Waals surface area contributed by atoms with Crippen LogP contribution >= 0.6 is 0 Å². The van der Waals surface area contributed by atoms with Crippen LogP contribution in [0, 0.1) is 0 Å². The lowest BCUT2D eigenvalue weighted by Gasteiger charge is -2.29. The van der Waals surface area contributed by atoms with Gasteiger partial charge in [0.1, 0.15) is 5.69 Å². The van der Waals surface area contributed by atoms with Gasteiger partial charge in [0.25, 0.3) is 0 Å². The van der Waals surface area contributed by atoms with Gasteiger partial charge in [-0.1, -0.05) is 121 Å². The quantitative estimate of drug-likeness (QED) is 0.164. The standard InChI is InChI=1S/C27H50N/c1-4-5-6-7-8-9-10-11-12-13-14-15-16-17-18-19-23-26-28(2,3)27-24-21-20-22-25-27/h20-22,24-25H,4-19,23,26H2,1-3H3/q+1.